The first-order valence-corrected chi connectivity index (χ1v) is 17.5. The van der Waals surface area contributed by atoms with Crippen LogP contribution in [0.25, 0.3) is 11.2 Å². The number of fused-ring (bicyclic) bond motifs is 1. The summed E-state index contributed by atoms with van der Waals surface area (Å²) in [6.45, 7) is 6.33. The van der Waals surface area contributed by atoms with Gasteiger partial charge < -0.3 is 20.3 Å². The van der Waals surface area contributed by atoms with E-state index in [4.69, 9.17) is 15.2 Å². The monoisotopic (exact) mass is 645 g/mol. The maximum absolute atomic E-state index is 14.3. The average molecular weight is 646 g/mol. The number of ether oxygens (including phenoxy) is 2. The summed E-state index contributed by atoms with van der Waals surface area (Å²) >= 11 is 0. The number of nitrogens with two attached hydrogens (primary N) is 1. The van der Waals surface area contributed by atoms with Crippen molar-refractivity contribution in [2.24, 2.45) is 0 Å². The summed E-state index contributed by atoms with van der Waals surface area (Å²) in [7, 11) is 0. The van der Waals surface area contributed by atoms with Crippen LogP contribution in [-0.4, -0.2) is 60.0 Å². The van der Waals surface area contributed by atoms with Crippen molar-refractivity contribution < 1.29 is 29.0 Å². The second-order valence-electron chi connectivity index (χ2n) is 12.6. The van der Waals surface area contributed by atoms with Crippen LogP contribution in [0.15, 0.2) is 11.1 Å². The molecule has 0 aliphatic carbocycles. The summed E-state index contributed by atoms with van der Waals surface area (Å²) < 4.78 is 13.8. The molecule has 3 rings (SSSR count). The van der Waals surface area contributed by atoms with Crippen molar-refractivity contribution in [1.82, 2.24) is 19.5 Å². The second-order valence-corrected chi connectivity index (χ2v) is 12.6. The standard InChI is InChI=1S/C34H55N5O7/c1-4-7-10-13-16-19-25(41)34(26(42)20-17-14-11-8-5-2,46-28(43)21-18-15-12-9-6-3)30-24(40)22-27(45-30)39-23-36-29-31(39)37-33(35)38-32(29)44/h23-24,27,30,40H,4-22H2,1-3H3,(H3,35,37,38,44)/t24-,27+,30-/m0/s1. The van der Waals surface area contributed by atoms with Crippen LogP contribution in [-0.2, 0) is 23.9 Å². The minimum absolute atomic E-state index is 0.0216. The number of nitrogens with zero attached hydrogens (tertiary/aromatic N) is 3. The van der Waals surface area contributed by atoms with Crippen LogP contribution < -0.4 is 11.3 Å². The lowest BCUT2D eigenvalue weighted by Gasteiger charge is -2.37. The van der Waals surface area contributed by atoms with Crippen molar-refractivity contribution >= 4 is 34.6 Å². The summed E-state index contributed by atoms with van der Waals surface area (Å²) in [6, 6.07) is 0. The van der Waals surface area contributed by atoms with Gasteiger partial charge in [-0.15, -0.1) is 0 Å². The molecule has 1 aliphatic heterocycles. The number of nitrogens with one attached hydrogen (secondary N) is 1. The number of carbonyl (C=O) groups is 3. The zero-order valence-electron chi connectivity index (χ0n) is 28.1. The van der Waals surface area contributed by atoms with E-state index in [9.17, 15) is 24.3 Å². The van der Waals surface area contributed by atoms with Crippen LogP contribution in [0, 0.1) is 0 Å². The lowest BCUT2D eigenvalue weighted by molar-refractivity contribution is -0.196. The molecule has 3 heterocycles. The molecular weight excluding hydrogens is 590 g/mol. The Morgan fingerprint density at radius 3 is 1.98 bits per heavy atom. The number of anilines is 1. The lowest BCUT2D eigenvalue weighted by atomic mass is 9.80. The normalized spacial score (nSPS) is 18.3. The minimum Gasteiger partial charge on any atom is -0.440 e. The molecule has 46 heavy (non-hydrogen) atoms. The Hall–Kier alpha value is -3.12. The van der Waals surface area contributed by atoms with E-state index < -0.39 is 47.1 Å². The number of rotatable bonds is 23. The van der Waals surface area contributed by atoms with Gasteiger partial charge in [0.1, 0.15) is 12.3 Å². The Kier molecular flexibility index (Phi) is 15.3. The molecule has 0 spiro atoms. The number of aromatic amines is 1. The predicted molar refractivity (Wildman–Crippen MR) is 176 cm³/mol. The molecule has 1 aliphatic rings. The zero-order valence-corrected chi connectivity index (χ0v) is 28.1. The first kappa shape index (κ1) is 37.3. The Morgan fingerprint density at radius 2 is 1.43 bits per heavy atom. The second kappa shape index (κ2) is 18.9. The smallest absolute Gasteiger partial charge is 0.307 e. The van der Waals surface area contributed by atoms with Gasteiger partial charge in [-0.05, 0) is 19.3 Å². The van der Waals surface area contributed by atoms with E-state index in [0.717, 1.165) is 77.0 Å². The number of aromatic nitrogens is 4. The van der Waals surface area contributed by atoms with Crippen molar-refractivity contribution in [2.45, 2.75) is 167 Å². The topological polar surface area (TPSA) is 179 Å². The number of aliphatic hydroxyl groups excluding tert-OH is 1. The molecule has 0 aromatic carbocycles. The van der Waals surface area contributed by atoms with Crippen LogP contribution >= 0.6 is 0 Å². The number of carbonyl (C=O) groups excluding carboxylic acids is 3. The molecule has 0 bridgehead atoms. The molecule has 2 aromatic heterocycles. The molecule has 12 heteroatoms. The Morgan fingerprint density at radius 1 is 0.913 bits per heavy atom. The lowest BCUT2D eigenvalue weighted by Crippen LogP contribution is -2.61. The molecular formula is C34H55N5O7. The highest BCUT2D eigenvalue weighted by molar-refractivity contribution is 6.12. The van der Waals surface area contributed by atoms with Crippen LogP contribution in [0.1, 0.15) is 149 Å². The molecule has 12 nitrogen and oxygen atoms in total. The van der Waals surface area contributed by atoms with Crippen LogP contribution in [0.2, 0.25) is 0 Å². The van der Waals surface area contributed by atoms with Crippen molar-refractivity contribution in [3.8, 4) is 0 Å². The quantitative estimate of drug-likeness (QED) is 0.0753. The third-order valence-electron chi connectivity index (χ3n) is 8.86. The molecule has 1 saturated heterocycles. The summed E-state index contributed by atoms with van der Waals surface area (Å²) in [4.78, 5) is 65.1. The minimum atomic E-state index is -2.29. The third kappa shape index (κ3) is 9.70. The number of hydrogen-bond acceptors (Lipinski definition) is 10. The maximum Gasteiger partial charge on any atom is 0.307 e. The number of aliphatic hydroxyl groups is 1. The molecule has 4 N–H and O–H groups in total. The van der Waals surface area contributed by atoms with Crippen LogP contribution in [0.4, 0.5) is 5.95 Å². The highest BCUT2D eigenvalue weighted by Gasteiger charge is 2.60. The Bertz CT molecular complexity index is 1300. The fourth-order valence-corrected chi connectivity index (χ4v) is 6.24. The van der Waals surface area contributed by atoms with Crippen molar-refractivity contribution in [3.63, 3.8) is 0 Å². The van der Waals surface area contributed by atoms with Gasteiger partial charge in [-0.25, -0.2) is 4.98 Å². The van der Waals surface area contributed by atoms with Crippen molar-refractivity contribution in [1.29, 1.82) is 0 Å². The van der Waals surface area contributed by atoms with E-state index in [2.05, 4.69) is 35.7 Å². The molecule has 1 fully saturated rings. The van der Waals surface area contributed by atoms with E-state index in [-0.39, 0.29) is 42.8 Å². The molecule has 0 radical (unpaired) electrons. The first-order valence-electron chi connectivity index (χ1n) is 17.5. The van der Waals surface area contributed by atoms with E-state index in [1.807, 2.05) is 0 Å². The summed E-state index contributed by atoms with van der Waals surface area (Å²) in [5, 5.41) is 11.5. The van der Waals surface area contributed by atoms with Crippen LogP contribution in [0.3, 0.4) is 0 Å². The van der Waals surface area contributed by atoms with Crippen LogP contribution in [0.5, 0.6) is 0 Å². The SMILES string of the molecule is CCCCCCCC(=O)OC(C(=O)CCCCCCC)(C(=O)CCCCCCC)[C@H]1O[C@@H](n2cnc3c(=O)[nH]c(N)nc32)C[C@@H]1O. The van der Waals surface area contributed by atoms with Gasteiger partial charge in [-0.2, -0.15) is 4.98 Å². The van der Waals surface area contributed by atoms with E-state index in [0.29, 0.717) is 19.3 Å². The Balaban J connectivity index is 1.96. The molecule has 258 valence electrons. The van der Waals surface area contributed by atoms with Gasteiger partial charge >= 0.3 is 5.97 Å². The maximum atomic E-state index is 14.3. The zero-order chi connectivity index (χ0) is 33.5. The number of imidazole rings is 1. The fraction of sp³-hybridized carbons (Fsp3) is 0.765. The van der Waals surface area contributed by atoms with Gasteiger partial charge in [-0.3, -0.25) is 28.7 Å². The van der Waals surface area contributed by atoms with Gasteiger partial charge in [0.15, 0.2) is 22.7 Å². The number of nitrogen functional groups attached to an aromatic ring is 1. The number of ketones is 2. The van der Waals surface area contributed by atoms with Gasteiger partial charge in [0, 0.05) is 25.7 Å². The first-order chi connectivity index (χ1) is 22.2. The molecule has 3 atom stereocenters. The van der Waals surface area contributed by atoms with Gasteiger partial charge in [0.2, 0.25) is 5.95 Å². The van der Waals surface area contributed by atoms with E-state index in [1.54, 1.807) is 0 Å². The number of H-pyrrole nitrogens is 1. The highest BCUT2D eigenvalue weighted by atomic mass is 16.6. The summed E-state index contributed by atoms with van der Waals surface area (Å²) in [5.41, 5.74) is 3.13. The average Bonchev–Trinajstić information content (AvgIpc) is 3.63. The number of esters is 1. The third-order valence-corrected chi connectivity index (χ3v) is 8.86. The van der Waals surface area contributed by atoms with E-state index >= 15 is 0 Å². The molecule has 2 aromatic rings. The van der Waals surface area contributed by atoms with Crippen molar-refractivity contribution in [3.05, 3.63) is 16.7 Å². The Labute approximate surface area is 272 Å². The predicted octanol–water partition coefficient (Wildman–Crippen LogP) is 5.85. The summed E-state index contributed by atoms with van der Waals surface area (Å²) in [5.74, 6) is -1.85. The number of unbranched alkanes of at least 4 members (excludes halogenated alkanes) is 12. The summed E-state index contributed by atoms with van der Waals surface area (Å²) in [6.07, 6.45) is 10.9. The molecule has 0 unspecified atom stereocenters. The highest BCUT2D eigenvalue weighted by Crippen LogP contribution is 2.40. The van der Waals surface area contributed by atoms with E-state index in [1.165, 1.54) is 10.9 Å². The van der Waals surface area contributed by atoms with Crippen molar-refractivity contribution in [2.75, 3.05) is 5.73 Å². The number of hydrogen-bond donors (Lipinski definition) is 3. The van der Waals surface area contributed by atoms with Gasteiger partial charge in [-0.1, -0.05) is 97.8 Å². The molecule has 0 saturated carbocycles. The largest absolute Gasteiger partial charge is 0.440 e. The number of Topliss-reactive ketones (excluding diaryl/α,β-unsaturated/α-hetero) is 2. The molecule has 0 amide bonds. The van der Waals surface area contributed by atoms with Gasteiger partial charge in [0.05, 0.1) is 12.4 Å². The fourth-order valence-electron chi connectivity index (χ4n) is 6.24. The van der Waals surface area contributed by atoms with Gasteiger partial charge in [0.25, 0.3) is 11.2 Å².